The summed E-state index contributed by atoms with van der Waals surface area (Å²) in [6.45, 7) is 4.20. The number of hydrogen-bond acceptors (Lipinski definition) is 6. The lowest BCUT2D eigenvalue weighted by Crippen LogP contribution is -2.44. The molecule has 1 aromatic rings. The van der Waals surface area contributed by atoms with Crippen LogP contribution in [0.2, 0.25) is 0 Å². The summed E-state index contributed by atoms with van der Waals surface area (Å²) in [5.41, 5.74) is 1.32. The third-order valence-corrected chi connectivity index (χ3v) is 3.82. The highest BCUT2D eigenvalue weighted by molar-refractivity contribution is 6.03. The van der Waals surface area contributed by atoms with Crippen LogP contribution in [0.5, 0.6) is 0 Å². The van der Waals surface area contributed by atoms with Crippen LogP contribution in [0.1, 0.15) is 33.3 Å². The zero-order chi connectivity index (χ0) is 15.0. The van der Waals surface area contributed by atoms with Gasteiger partial charge >= 0.3 is 5.97 Å². The molecular formula is C14H17N3O4. The fourth-order valence-corrected chi connectivity index (χ4v) is 2.68. The van der Waals surface area contributed by atoms with Crippen molar-refractivity contribution in [1.29, 1.82) is 0 Å². The van der Waals surface area contributed by atoms with Crippen LogP contribution in [-0.4, -0.2) is 49.8 Å². The zero-order valence-corrected chi connectivity index (χ0v) is 12.0. The van der Waals surface area contributed by atoms with E-state index in [0.29, 0.717) is 43.2 Å². The van der Waals surface area contributed by atoms with Gasteiger partial charge in [-0.15, -0.1) is 0 Å². The van der Waals surface area contributed by atoms with Crippen molar-refractivity contribution in [2.45, 2.75) is 19.5 Å². The van der Waals surface area contributed by atoms with Gasteiger partial charge < -0.3 is 19.7 Å². The normalized spacial score (nSPS) is 21.0. The predicted molar refractivity (Wildman–Crippen MR) is 74.4 cm³/mol. The highest BCUT2D eigenvalue weighted by Gasteiger charge is 2.30. The number of morpholine rings is 1. The minimum atomic E-state index is -0.523. The number of ether oxygens (including phenoxy) is 2. The maximum Gasteiger partial charge on any atom is 0.357 e. The molecule has 0 saturated carbocycles. The standard InChI is InChI=1S/C14H17N3O4/c1-8-7-21-4-3-17(8)11-5-9-10(6-15-13(9)18)12(16-11)14(19)20-2/h5,8H,3-4,6-7H2,1-2H3,(H,15,18)/t8-/m1/s1. The molecule has 3 heterocycles. The van der Waals surface area contributed by atoms with Gasteiger partial charge in [-0.1, -0.05) is 0 Å². The van der Waals surface area contributed by atoms with Gasteiger partial charge in [-0.05, 0) is 13.0 Å². The number of nitrogens with one attached hydrogen (secondary N) is 1. The molecule has 1 saturated heterocycles. The Hall–Kier alpha value is -2.15. The second-order valence-corrected chi connectivity index (χ2v) is 5.15. The first kappa shape index (κ1) is 13.8. The quantitative estimate of drug-likeness (QED) is 0.791. The Bertz CT molecular complexity index is 602. The van der Waals surface area contributed by atoms with Gasteiger partial charge in [0.15, 0.2) is 5.69 Å². The van der Waals surface area contributed by atoms with E-state index in [1.165, 1.54) is 7.11 Å². The molecule has 112 valence electrons. The van der Waals surface area contributed by atoms with Crippen LogP contribution < -0.4 is 10.2 Å². The second-order valence-electron chi connectivity index (χ2n) is 5.15. The maximum atomic E-state index is 11.9. The topological polar surface area (TPSA) is 80.8 Å². The van der Waals surface area contributed by atoms with Gasteiger partial charge in [0.1, 0.15) is 5.82 Å². The van der Waals surface area contributed by atoms with Gasteiger partial charge in [0, 0.05) is 18.7 Å². The van der Waals surface area contributed by atoms with Crippen molar-refractivity contribution in [2.24, 2.45) is 0 Å². The molecule has 7 heteroatoms. The number of carbonyl (C=O) groups is 2. The van der Waals surface area contributed by atoms with Crippen molar-refractivity contribution < 1.29 is 19.1 Å². The number of nitrogens with zero attached hydrogens (tertiary/aromatic N) is 2. The minimum absolute atomic E-state index is 0.138. The molecule has 21 heavy (non-hydrogen) atoms. The van der Waals surface area contributed by atoms with E-state index >= 15 is 0 Å². The fourth-order valence-electron chi connectivity index (χ4n) is 2.68. The lowest BCUT2D eigenvalue weighted by Gasteiger charge is -2.34. The number of pyridine rings is 1. The van der Waals surface area contributed by atoms with Gasteiger partial charge in [-0.2, -0.15) is 0 Å². The van der Waals surface area contributed by atoms with E-state index < -0.39 is 5.97 Å². The number of methoxy groups -OCH3 is 1. The summed E-state index contributed by atoms with van der Waals surface area (Å²) in [7, 11) is 1.31. The van der Waals surface area contributed by atoms with Crippen molar-refractivity contribution in [3.8, 4) is 0 Å². The minimum Gasteiger partial charge on any atom is -0.464 e. The highest BCUT2D eigenvalue weighted by atomic mass is 16.5. The Morgan fingerprint density at radius 1 is 1.57 bits per heavy atom. The average Bonchev–Trinajstić information content (AvgIpc) is 2.87. The molecular weight excluding hydrogens is 274 g/mol. The fraction of sp³-hybridized carbons (Fsp3) is 0.500. The SMILES string of the molecule is COC(=O)c1nc(N2CCOC[C@H]2C)cc2c1CNC2=O. The average molecular weight is 291 g/mol. The second kappa shape index (κ2) is 5.33. The first-order valence-electron chi connectivity index (χ1n) is 6.86. The molecule has 7 nitrogen and oxygen atoms in total. The summed E-state index contributed by atoms with van der Waals surface area (Å²) in [4.78, 5) is 30.3. The Kier molecular flexibility index (Phi) is 3.50. The molecule has 1 N–H and O–H groups in total. The molecule has 2 aliphatic heterocycles. The number of esters is 1. The third kappa shape index (κ3) is 2.33. The monoisotopic (exact) mass is 291 g/mol. The van der Waals surface area contributed by atoms with Crippen molar-refractivity contribution in [3.05, 3.63) is 22.9 Å². The number of amides is 1. The summed E-state index contributed by atoms with van der Waals surface area (Å²) < 4.78 is 10.2. The molecule has 1 aromatic heterocycles. The molecule has 1 fully saturated rings. The number of carbonyl (C=O) groups excluding carboxylic acids is 2. The first-order valence-corrected chi connectivity index (χ1v) is 6.86. The first-order chi connectivity index (χ1) is 10.1. The van der Waals surface area contributed by atoms with E-state index in [4.69, 9.17) is 9.47 Å². The summed E-state index contributed by atoms with van der Waals surface area (Å²) >= 11 is 0. The third-order valence-electron chi connectivity index (χ3n) is 3.82. The number of hydrogen-bond donors (Lipinski definition) is 1. The smallest absolute Gasteiger partial charge is 0.357 e. The van der Waals surface area contributed by atoms with Gasteiger partial charge in [-0.3, -0.25) is 4.79 Å². The number of rotatable bonds is 2. The van der Waals surface area contributed by atoms with E-state index in [2.05, 4.69) is 10.3 Å². The number of anilines is 1. The molecule has 0 radical (unpaired) electrons. The van der Waals surface area contributed by atoms with E-state index in [1.54, 1.807) is 6.07 Å². The van der Waals surface area contributed by atoms with Gasteiger partial charge in [-0.25, -0.2) is 9.78 Å². The Labute approximate surface area is 122 Å². The molecule has 0 spiro atoms. The Balaban J connectivity index is 2.07. The largest absolute Gasteiger partial charge is 0.464 e. The van der Waals surface area contributed by atoms with Crippen molar-refractivity contribution in [3.63, 3.8) is 0 Å². The molecule has 0 aromatic carbocycles. The van der Waals surface area contributed by atoms with Crippen molar-refractivity contribution in [1.82, 2.24) is 10.3 Å². The molecule has 3 rings (SSSR count). The molecule has 1 amide bonds. The summed E-state index contributed by atoms with van der Waals surface area (Å²) in [6.07, 6.45) is 0. The zero-order valence-electron chi connectivity index (χ0n) is 12.0. The van der Waals surface area contributed by atoms with E-state index in [-0.39, 0.29) is 17.6 Å². The van der Waals surface area contributed by atoms with Crippen LogP contribution in [0.15, 0.2) is 6.07 Å². The van der Waals surface area contributed by atoms with E-state index in [1.807, 2.05) is 11.8 Å². The molecule has 0 unspecified atom stereocenters. The van der Waals surface area contributed by atoms with Crippen LogP contribution in [0.3, 0.4) is 0 Å². The molecule has 1 atom stereocenters. The Morgan fingerprint density at radius 2 is 2.38 bits per heavy atom. The van der Waals surface area contributed by atoms with Crippen LogP contribution in [0.4, 0.5) is 5.82 Å². The van der Waals surface area contributed by atoms with Crippen molar-refractivity contribution in [2.75, 3.05) is 31.8 Å². The summed E-state index contributed by atoms with van der Waals surface area (Å²) in [6, 6.07) is 1.88. The van der Waals surface area contributed by atoms with Gasteiger partial charge in [0.05, 0.1) is 31.9 Å². The summed E-state index contributed by atoms with van der Waals surface area (Å²) in [5.74, 6) is -0.0905. The van der Waals surface area contributed by atoms with Crippen molar-refractivity contribution >= 4 is 17.7 Å². The molecule has 0 aliphatic carbocycles. The van der Waals surface area contributed by atoms with Crippen LogP contribution >= 0.6 is 0 Å². The molecule has 0 bridgehead atoms. The van der Waals surface area contributed by atoms with Crippen LogP contribution in [-0.2, 0) is 16.0 Å². The Morgan fingerprint density at radius 3 is 3.10 bits per heavy atom. The van der Waals surface area contributed by atoms with Crippen LogP contribution in [0, 0.1) is 0 Å². The van der Waals surface area contributed by atoms with Gasteiger partial charge in [0.25, 0.3) is 5.91 Å². The lowest BCUT2D eigenvalue weighted by molar-refractivity contribution is 0.0592. The van der Waals surface area contributed by atoms with Gasteiger partial charge in [0.2, 0.25) is 0 Å². The summed E-state index contributed by atoms with van der Waals surface area (Å²) in [5, 5.41) is 2.72. The van der Waals surface area contributed by atoms with Crippen LogP contribution in [0.25, 0.3) is 0 Å². The highest BCUT2D eigenvalue weighted by Crippen LogP contribution is 2.26. The van der Waals surface area contributed by atoms with E-state index in [0.717, 1.165) is 0 Å². The molecule has 2 aliphatic rings. The number of fused-ring (bicyclic) bond motifs is 1. The maximum absolute atomic E-state index is 11.9. The number of aromatic nitrogens is 1. The van der Waals surface area contributed by atoms with E-state index in [9.17, 15) is 9.59 Å². The lowest BCUT2D eigenvalue weighted by atomic mass is 10.1. The predicted octanol–water partition coefficient (Wildman–Crippen LogP) is 0.337.